The second-order valence-corrected chi connectivity index (χ2v) is 4.27. The topological polar surface area (TPSA) is 48.3 Å². The average Bonchev–Trinajstić information content (AvgIpc) is 2.82. The fourth-order valence-corrected chi connectivity index (χ4v) is 1.67. The second-order valence-electron chi connectivity index (χ2n) is 4.27. The van der Waals surface area contributed by atoms with Gasteiger partial charge in [-0.05, 0) is 17.7 Å². The lowest BCUT2D eigenvalue weighted by Gasteiger charge is -2.06. The highest BCUT2D eigenvalue weighted by Crippen LogP contribution is 2.20. The molecule has 0 saturated carbocycles. The molecule has 0 aliphatic carbocycles. The Morgan fingerprint density at radius 2 is 2.00 bits per heavy atom. The van der Waals surface area contributed by atoms with Crippen LogP contribution >= 0.6 is 0 Å². The van der Waals surface area contributed by atoms with Crippen molar-refractivity contribution in [2.24, 2.45) is 7.05 Å². The molecule has 1 heterocycles. The molecule has 1 N–H and O–H groups in total. The summed E-state index contributed by atoms with van der Waals surface area (Å²) in [5.74, 6) is 1.56. The summed E-state index contributed by atoms with van der Waals surface area (Å²) in [4.78, 5) is 0. The number of nitrogens with zero attached hydrogens (tertiary/aromatic N) is 2. The molecule has 0 fully saturated rings. The summed E-state index contributed by atoms with van der Waals surface area (Å²) in [6, 6.07) is 8.01. The van der Waals surface area contributed by atoms with Gasteiger partial charge in [0.05, 0.1) is 19.0 Å². The molecule has 1 aromatic carbocycles. The van der Waals surface area contributed by atoms with E-state index < -0.39 is 0 Å². The van der Waals surface area contributed by atoms with Crippen molar-refractivity contribution in [3.8, 4) is 11.5 Å². The number of aryl methyl sites for hydroxylation is 1. The van der Waals surface area contributed by atoms with Crippen molar-refractivity contribution in [2.75, 3.05) is 20.3 Å². The van der Waals surface area contributed by atoms with Crippen molar-refractivity contribution >= 4 is 0 Å². The highest BCUT2D eigenvalue weighted by molar-refractivity contribution is 5.31. The van der Waals surface area contributed by atoms with E-state index in [-0.39, 0.29) is 0 Å². The van der Waals surface area contributed by atoms with Gasteiger partial charge < -0.3 is 14.8 Å². The van der Waals surface area contributed by atoms with Gasteiger partial charge in [0.15, 0.2) is 5.75 Å². The monoisotopic (exact) mass is 261 g/mol. The second kappa shape index (κ2) is 6.92. The maximum absolute atomic E-state index is 5.67. The molecule has 102 valence electrons. The SMILES string of the molecule is COCCNCc1ccc(Oc2cnn(C)c2)cc1. The van der Waals surface area contributed by atoms with Crippen molar-refractivity contribution in [1.82, 2.24) is 15.1 Å². The predicted molar refractivity (Wildman–Crippen MR) is 73.3 cm³/mol. The van der Waals surface area contributed by atoms with Gasteiger partial charge >= 0.3 is 0 Å². The van der Waals surface area contributed by atoms with E-state index in [2.05, 4.69) is 10.4 Å². The predicted octanol–water partition coefficient (Wildman–Crippen LogP) is 1.95. The Hall–Kier alpha value is -1.85. The summed E-state index contributed by atoms with van der Waals surface area (Å²) in [6.07, 6.45) is 3.53. The zero-order chi connectivity index (χ0) is 13.5. The van der Waals surface area contributed by atoms with Gasteiger partial charge in [-0.15, -0.1) is 0 Å². The summed E-state index contributed by atoms with van der Waals surface area (Å²) >= 11 is 0. The van der Waals surface area contributed by atoms with Crippen LogP contribution in [-0.2, 0) is 18.3 Å². The van der Waals surface area contributed by atoms with Crippen LogP contribution in [0.15, 0.2) is 36.7 Å². The number of hydrogen-bond donors (Lipinski definition) is 1. The molecule has 0 atom stereocenters. The van der Waals surface area contributed by atoms with Crippen LogP contribution in [0.5, 0.6) is 11.5 Å². The summed E-state index contributed by atoms with van der Waals surface area (Å²) in [6.45, 7) is 2.41. The first-order valence-electron chi connectivity index (χ1n) is 6.23. The van der Waals surface area contributed by atoms with E-state index in [1.165, 1.54) is 5.56 Å². The van der Waals surface area contributed by atoms with Crippen molar-refractivity contribution in [3.05, 3.63) is 42.2 Å². The highest BCUT2D eigenvalue weighted by atomic mass is 16.5. The Kier molecular flexibility index (Phi) is 4.94. The first-order chi connectivity index (χ1) is 9.28. The molecule has 2 aromatic rings. The third-order valence-electron chi connectivity index (χ3n) is 2.65. The number of rotatable bonds is 7. The number of nitrogens with one attached hydrogen (secondary N) is 1. The number of hydrogen-bond acceptors (Lipinski definition) is 4. The summed E-state index contributed by atoms with van der Waals surface area (Å²) in [7, 11) is 3.56. The van der Waals surface area contributed by atoms with Gasteiger partial charge in [-0.2, -0.15) is 5.10 Å². The van der Waals surface area contributed by atoms with E-state index >= 15 is 0 Å². The quantitative estimate of drug-likeness (QED) is 0.774. The zero-order valence-corrected chi connectivity index (χ0v) is 11.3. The van der Waals surface area contributed by atoms with E-state index in [1.807, 2.05) is 37.5 Å². The maximum Gasteiger partial charge on any atom is 0.165 e. The molecule has 0 bridgehead atoms. The van der Waals surface area contributed by atoms with Crippen LogP contribution < -0.4 is 10.1 Å². The highest BCUT2D eigenvalue weighted by Gasteiger charge is 2.00. The normalized spacial score (nSPS) is 10.6. The molecule has 0 spiro atoms. The minimum absolute atomic E-state index is 0.724. The van der Waals surface area contributed by atoms with Gasteiger partial charge in [-0.1, -0.05) is 12.1 Å². The van der Waals surface area contributed by atoms with Gasteiger partial charge in [0.2, 0.25) is 0 Å². The molecule has 19 heavy (non-hydrogen) atoms. The van der Waals surface area contributed by atoms with E-state index in [0.717, 1.165) is 31.2 Å². The minimum atomic E-state index is 0.724. The summed E-state index contributed by atoms with van der Waals surface area (Å²) in [5.41, 5.74) is 1.22. The van der Waals surface area contributed by atoms with Crippen LogP contribution in [0.2, 0.25) is 0 Å². The van der Waals surface area contributed by atoms with Gasteiger partial charge in [-0.25, -0.2) is 0 Å². The number of aromatic nitrogens is 2. The lowest BCUT2D eigenvalue weighted by molar-refractivity contribution is 0.199. The summed E-state index contributed by atoms with van der Waals surface area (Å²) < 4.78 is 12.4. The fourth-order valence-electron chi connectivity index (χ4n) is 1.67. The lowest BCUT2D eigenvalue weighted by Crippen LogP contribution is -2.18. The lowest BCUT2D eigenvalue weighted by atomic mass is 10.2. The Bertz CT molecular complexity index is 494. The average molecular weight is 261 g/mol. The molecule has 0 saturated heterocycles. The molecular weight excluding hydrogens is 242 g/mol. The van der Waals surface area contributed by atoms with E-state index in [4.69, 9.17) is 9.47 Å². The van der Waals surface area contributed by atoms with Crippen molar-refractivity contribution in [2.45, 2.75) is 6.54 Å². The first kappa shape index (κ1) is 13.6. The van der Waals surface area contributed by atoms with Crippen LogP contribution in [-0.4, -0.2) is 30.0 Å². The van der Waals surface area contributed by atoms with E-state index in [1.54, 1.807) is 18.0 Å². The van der Waals surface area contributed by atoms with Gasteiger partial charge in [-0.3, -0.25) is 4.68 Å². The molecule has 2 rings (SSSR count). The minimum Gasteiger partial charge on any atom is -0.454 e. The molecule has 0 amide bonds. The zero-order valence-electron chi connectivity index (χ0n) is 11.3. The fraction of sp³-hybridized carbons (Fsp3) is 0.357. The number of ether oxygens (including phenoxy) is 2. The molecular formula is C14H19N3O2. The van der Waals surface area contributed by atoms with Gasteiger partial charge in [0.25, 0.3) is 0 Å². The standard InChI is InChI=1S/C14H19N3O2/c1-17-11-14(10-16-17)19-13-5-3-12(4-6-13)9-15-7-8-18-2/h3-6,10-11,15H,7-9H2,1-2H3. The Morgan fingerprint density at radius 3 is 2.63 bits per heavy atom. The number of benzene rings is 1. The van der Waals surface area contributed by atoms with Gasteiger partial charge in [0, 0.05) is 27.2 Å². The van der Waals surface area contributed by atoms with E-state index in [9.17, 15) is 0 Å². The largest absolute Gasteiger partial charge is 0.454 e. The third-order valence-corrected chi connectivity index (χ3v) is 2.65. The van der Waals surface area contributed by atoms with Crippen LogP contribution in [0, 0.1) is 0 Å². The smallest absolute Gasteiger partial charge is 0.165 e. The van der Waals surface area contributed by atoms with E-state index in [0.29, 0.717) is 0 Å². The molecule has 5 nitrogen and oxygen atoms in total. The molecule has 0 radical (unpaired) electrons. The van der Waals surface area contributed by atoms with Crippen molar-refractivity contribution < 1.29 is 9.47 Å². The van der Waals surface area contributed by atoms with Crippen molar-refractivity contribution in [1.29, 1.82) is 0 Å². The van der Waals surface area contributed by atoms with Gasteiger partial charge in [0.1, 0.15) is 5.75 Å². The molecule has 0 aliphatic rings. The number of methoxy groups -OCH3 is 1. The molecule has 5 heteroatoms. The molecule has 0 aliphatic heterocycles. The Balaban J connectivity index is 1.84. The maximum atomic E-state index is 5.67. The van der Waals surface area contributed by atoms with Crippen LogP contribution in [0.25, 0.3) is 0 Å². The first-order valence-corrected chi connectivity index (χ1v) is 6.23. The van der Waals surface area contributed by atoms with Crippen molar-refractivity contribution in [3.63, 3.8) is 0 Å². The third kappa shape index (κ3) is 4.39. The molecule has 0 unspecified atom stereocenters. The molecule has 1 aromatic heterocycles. The van der Waals surface area contributed by atoms with Crippen LogP contribution in [0.4, 0.5) is 0 Å². The Morgan fingerprint density at radius 1 is 1.21 bits per heavy atom. The summed E-state index contributed by atoms with van der Waals surface area (Å²) in [5, 5.41) is 7.35. The Labute approximate surface area is 113 Å². The van der Waals surface area contributed by atoms with Crippen LogP contribution in [0.1, 0.15) is 5.56 Å². The van der Waals surface area contributed by atoms with Crippen LogP contribution in [0.3, 0.4) is 0 Å².